The molecule has 1 aromatic carbocycles. The molecule has 0 aliphatic carbocycles. The third kappa shape index (κ3) is 2.04. The van der Waals surface area contributed by atoms with Gasteiger partial charge in [0.15, 0.2) is 5.69 Å². The number of para-hydroxylation sites is 2. The summed E-state index contributed by atoms with van der Waals surface area (Å²) in [5.74, 6) is 0.657. The van der Waals surface area contributed by atoms with Crippen LogP contribution in [0.15, 0.2) is 24.3 Å². The summed E-state index contributed by atoms with van der Waals surface area (Å²) in [6.07, 6.45) is 0. The Hall–Kier alpha value is -2.39. The minimum absolute atomic E-state index is 0.253. The molecule has 6 nitrogen and oxygen atoms in total. The predicted octanol–water partition coefficient (Wildman–Crippen LogP) is 1.29. The van der Waals surface area contributed by atoms with E-state index in [1.54, 1.807) is 18.9 Å². The fourth-order valence-electron chi connectivity index (χ4n) is 1.65. The van der Waals surface area contributed by atoms with Crippen LogP contribution in [-0.2, 0) is 11.3 Å². The molecule has 2 rings (SSSR count). The number of rotatable bonds is 4. The quantitative estimate of drug-likeness (QED) is 0.810. The van der Waals surface area contributed by atoms with Gasteiger partial charge in [0.2, 0.25) is 0 Å². The lowest BCUT2D eigenvalue weighted by molar-refractivity contribution is 0.179. The minimum atomic E-state index is 0.253. The van der Waals surface area contributed by atoms with Crippen LogP contribution in [0.25, 0.3) is 5.69 Å². The lowest BCUT2D eigenvalue weighted by Crippen LogP contribution is -2.06. The van der Waals surface area contributed by atoms with Crippen molar-refractivity contribution >= 4 is 0 Å². The Balaban J connectivity index is 2.57. The fourth-order valence-corrected chi connectivity index (χ4v) is 1.65. The van der Waals surface area contributed by atoms with E-state index in [1.165, 1.54) is 0 Å². The molecule has 1 heterocycles. The predicted molar refractivity (Wildman–Crippen MR) is 63.3 cm³/mol. The Morgan fingerprint density at radius 3 is 2.78 bits per heavy atom. The SMILES string of the molecule is COCc1c(C#N)nnn1-c1ccccc1OC. The molecular weight excluding hydrogens is 232 g/mol. The molecule has 0 fully saturated rings. The third-order valence-corrected chi connectivity index (χ3v) is 2.46. The van der Waals surface area contributed by atoms with Gasteiger partial charge in [-0.05, 0) is 12.1 Å². The largest absolute Gasteiger partial charge is 0.494 e. The zero-order valence-corrected chi connectivity index (χ0v) is 10.1. The molecule has 0 unspecified atom stereocenters. The fraction of sp³-hybridized carbons (Fsp3) is 0.250. The molecule has 0 aliphatic rings. The molecule has 0 spiro atoms. The molecule has 0 atom stereocenters. The summed E-state index contributed by atoms with van der Waals surface area (Å²) < 4.78 is 11.9. The van der Waals surface area contributed by atoms with Crippen molar-refractivity contribution in [2.24, 2.45) is 0 Å². The van der Waals surface area contributed by atoms with Gasteiger partial charge in [-0.25, -0.2) is 4.68 Å². The van der Waals surface area contributed by atoms with Gasteiger partial charge in [0.25, 0.3) is 0 Å². The van der Waals surface area contributed by atoms with E-state index in [9.17, 15) is 0 Å². The normalized spacial score (nSPS) is 10.1. The van der Waals surface area contributed by atoms with Gasteiger partial charge in [0.1, 0.15) is 23.2 Å². The van der Waals surface area contributed by atoms with E-state index in [4.69, 9.17) is 14.7 Å². The Labute approximate surface area is 104 Å². The first kappa shape index (κ1) is 12.1. The summed E-state index contributed by atoms with van der Waals surface area (Å²) in [5.41, 5.74) is 1.58. The molecule has 0 amide bonds. The Morgan fingerprint density at radius 2 is 2.11 bits per heavy atom. The van der Waals surface area contributed by atoms with Crippen LogP contribution in [0.3, 0.4) is 0 Å². The van der Waals surface area contributed by atoms with Crippen molar-refractivity contribution in [2.45, 2.75) is 6.61 Å². The molecule has 92 valence electrons. The van der Waals surface area contributed by atoms with Crippen LogP contribution in [0, 0.1) is 11.3 Å². The molecule has 0 radical (unpaired) electrons. The number of methoxy groups -OCH3 is 2. The number of hydrogen-bond acceptors (Lipinski definition) is 5. The highest BCUT2D eigenvalue weighted by molar-refractivity contribution is 5.47. The van der Waals surface area contributed by atoms with Crippen LogP contribution < -0.4 is 4.74 Å². The Bertz CT molecular complexity index is 586. The van der Waals surface area contributed by atoms with Gasteiger partial charge < -0.3 is 9.47 Å². The highest BCUT2D eigenvalue weighted by atomic mass is 16.5. The number of ether oxygens (including phenoxy) is 2. The Kier molecular flexibility index (Phi) is 3.55. The van der Waals surface area contributed by atoms with Crippen molar-refractivity contribution < 1.29 is 9.47 Å². The molecule has 0 saturated heterocycles. The van der Waals surface area contributed by atoms with Crippen LogP contribution in [0.1, 0.15) is 11.4 Å². The van der Waals surface area contributed by atoms with E-state index in [1.807, 2.05) is 30.3 Å². The van der Waals surface area contributed by atoms with Crippen molar-refractivity contribution in [3.05, 3.63) is 35.7 Å². The molecule has 6 heteroatoms. The standard InChI is InChI=1S/C12H12N4O2/c1-17-8-11-9(7-13)14-15-16(11)10-5-3-4-6-12(10)18-2/h3-6H,8H2,1-2H3. The third-order valence-electron chi connectivity index (χ3n) is 2.46. The van der Waals surface area contributed by atoms with E-state index in [0.717, 1.165) is 5.69 Å². The van der Waals surface area contributed by atoms with Gasteiger partial charge in [0, 0.05) is 7.11 Å². The van der Waals surface area contributed by atoms with Gasteiger partial charge in [-0.1, -0.05) is 17.3 Å². The average Bonchev–Trinajstić information content (AvgIpc) is 2.82. The van der Waals surface area contributed by atoms with Gasteiger partial charge in [-0.2, -0.15) is 5.26 Å². The minimum Gasteiger partial charge on any atom is -0.494 e. The van der Waals surface area contributed by atoms with Crippen LogP contribution in [0.4, 0.5) is 0 Å². The van der Waals surface area contributed by atoms with E-state index < -0.39 is 0 Å². The van der Waals surface area contributed by atoms with Crippen molar-refractivity contribution in [1.82, 2.24) is 15.0 Å². The number of nitriles is 1. The first-order valence-corrected chi connectivity index (χ1v) is 5.28. The number of nitrogens with zero attached hydrogens (tertiary/aromatic N) is 4. The molecule has 18 heavy (non-hydrogen) atoms. The van der Waals surface area contributed by atoms with Crippen molar-refractivity contribution in [1.29, 1.82) is 5.26 Å². The second-order valence-corrected chi connectivity index (χ2v) is 3.51. The lowest BCUT2D eigenvalue weighted by atomic mass is 10.2. The second-order valence-electron chi connectivity index (χ2n) is 3.51. The van der Waals surface area contributed by atoms with Crippen molar-refractivity contribution in [2.75, 3.05) is 14.2 Å². The summed E-state index contributed by atoms with van der Waals surface area (Å²) in [4.78, 5) is 0. The van der Waals surface area contributed by atoms with Crippen LogP contribution >= 0.6 is 0 Å². The van der Waals surface area contributed by atoms with Crippen LogP contribution in [-0.4, -0.2) is 29.2 Å². The molecular formula is C12H12N4O2. The van der Waals surface area contributed by atoms with E-state index >= 15 is 0 Å². The molecule has 0 aliphatic heterocycles. The molecule has 1 aromatic heterocycles. The smallest absolute Gasteiger partial charge is 0.188 e. The number of benzene rings is 1. The maximum atomic E-state index is 8.98. The molecule has 2 aromatic rings. The lowest BCUT2D eigenvalue weighted by Gasteiger charge is -2.09. The van der Waals surface area contributed by atoms with Gasteiger partial charge >= 0.3 is 0 Å². The summed E-state index contributed by atoms with van der Waals surface area (Å²) in [7, 11) is 3.14. The van der Waals surface area contributed by atoms with Crippen LogP contribution in [0.2, 0.25) is 0 Å². The maximum Gasteiger partial charge on any atom is 0.188 e. The van der Waals surface area contributed by atoms with E-state index in [0.29, 0.717) is 11.4 Å². The first-order valence-electron chi connectivity index (χ1n) is 5.28. The molecule has 0 N–H and O–H groups in total. The highest BCUT2D eigenvalue weighted by Crippen LogP contribution is 2.23. The topological polar surface area (TPSA) is 73.0 Å². The Morgan fingerprint density at radius 1 is 1.33 bits per heavy atom. The number of aromatic nitrogens is 3. The van der Waals surface area contributed by atoms with Crippen molar-refractivity contribution in [3.63, 3.8) is 0 Å². The molecule has 0 bridgehead atoms. The van der Waals surface area contributed by atoms with Gasteiger partial charge in [-0.3, -0.25) is 0 Å². The zero-order chi connectivity index (χ0) is 13.0. The summed E-state index contributed by atoms with van der Waals surface area (Å²) in [5, 5.41) is 16.8. The zero-order valence-electron chi connectivity index (χ0n) is 10.1. The first-order chi connectivity index (χ1) is 8.81. The van der Waals surface area contributed by atoms with E-state index in [-0.39, 0.29) is 12.3 Å². The van der Waals surface area contributed by atoms with Gasteiger partial charge in [0.05, 0.1) is 13.7 Å². The second kappa shape index (κ2) is 5.29. The maximum absolute atomic E-state index is 8.98. The van der Waals surface area contributed by atoms with Crippen LogP contribution in [0.5, 0.6) is 5.75 Å². The highest BCUT2D eigenvalue weighted by Gasteiger charge is 2.16. The van der Waals surface area contributed by atoms with E-state index in [2.05, 4.69) is 10.3 Å². The van der Waals surface area contributed by atoms with Gasteiger partial charge in [-0.15, -0.1) is 5.10 Å². The average molecular weight is 244 g/mol. The molecule has 0 saturated carbocycles. The summed E-state index contributed by atoms with van der Waals surface area (Å²) in [6, 6.07) is 9.38. The summed E-state index contributed by atoms with van der Waals surface area (Å²) in [6.45, 7) is 0.258. The monoisotopic (exact) mass is 244 g/mol. The summed E-state index contributed by atoms with van der Waals surface area (Å²) >= 11 is 0. The van der Waals surface area contributed by atoms with Crippen molar-refractivity contribution in [3.8, 4) is 17.5 Å². The number of hydrogen-bond donors (Lipinski definition) is 0.